The van der Waals surface area contributed by atoms with Crippen molar-refractivity contribution in [2.24, 2.45) is 0 Å². The predicted molar refractivity (Wildman–Crippen MR) is 102 cm³/mol. The van der Waals surface area contributed by atoms with Gasteiger partial charge in [-0.15, -0.1) is 0 Å². The number of carbonyl (C=O) groups excluding carboxylic acids is 1. The topological polar surface area (TPSA) is 50.4 Å². The van der Waals surface area contributed by atoms with Crippen LogP contribution >= 0.6 is 0 Å². The van der Waals surface area contributed by atoms with Crippen molar-refractivity contribution in [2.45, 2.75) is 39.2 Å². The first-order valence-electron chi connectivity index (χ1n) is 8.74. The third kappa shape index (κ3) is 6.87. The van der Waals surface area contributed by atoms with Crippen LogP contribution in [0.1, 0.15) is 38.3 Å². The SMILES string of the molecule is CC(C)(C)c1ccc(OCCCNC(=O)NCc2ccccc2)cc1. The van der Waals surface area contributed by atoms with E-state index in [2.05, 4.69) is 43.5 Å². The molecule has 0 aliphatic carbocycles. The molecule has 25 heavy (non-hydrogen) atoms. The van der Waals surface area contributed by atoms with Crippen LogP contribution in [0.5, 0.6) is 5.75 Å². The summed E-state index contributed by atoms with van der Waals surface area (Å²) in [6, 6.07) is 17.9. The second kappa shape index (κ2) is 9.11. The summed E-state index contributed by atoms with van der Waals surface area (Å²) in [5.41, 5.74) is 2.52. The van der Waals surface area contributed by atoms with Gasteiger partial charge in [0, 0.05) is 13.1 Å². The van der Waals surface area contributed by atoms with Crippen molar-refractivity contribution in [3.63, 3.8) is 0 Å². The minimum atomic E-state index is -0.154. The van der Waals surface area contributed by atoms with Crippen molar-refractivity contribution < 1.29 is 9.53 Å². The molecular formula is C21H28N2O2. The minimum absolute atomic E-state index is 0.148. The molecule has 2 rings (SSSR count). The van der Waals surface area contributed by atoms with E-state index in [0.29, 0.717) is 19.7 Å². The van der Waals surface area contributed by atoms with Crippen molar-refractivity contribution in [1.82, 2.24) is 10.6 Å². The maximum Gasteiger partial charge on any atom is 0.315 e. The zero-order valence-corrected chi connectivity index (χ0v) is 15.3. The van der Waals surface area contributed by atoms with Crippen LogP contribution in [-0.2, 0) is 12.0 Å². The van der Waals surface area contributed by atoms with Crippen LogP contribution in [0.15, 0.2) is 54.6 Å². The van der Waals surface area contributed by atoms with Gasteiger partial charge in [0.05, 0.1) is 6.61 Å². The highest BCUT2D eigenvalue weighted by molar-refractivity contribution is 5.73. The Morgan fingerprint density at radius 2 is 1.64 bits per heavy atom. The summed E-state index contributed by atoms with van der Waals surface area (Å²) in [7, 11) is 0. The standard InChI is InChI=1S/C21H28N2O2/c1-21(2,3)18-10-12-19(13-11-18)25-15-7-14-22-20(24)23-16-17-8-5-4-6-9-17/h4-6,8-13H,7,14-16H2,1-3H3,(H2,22,23,24). The van der Waals surface area contributed by atoms with Gasteiger partial charge in [-0.2, -0.15) is 0 Å². The highest BCUT2D eigenvalue weighted by Crippen LogP contribution is 2.24. The fourth-order valence-electron chi connectivity index (χ4n) is 2.36. The number of hydrogen-bond donors (Lipinski definition) is 2. The van der Waals surface area contributed by atoms with Crippen molar-refractivity contribution in [3.8, 4) is 5.75 Å². The Balaban J connectivity index is 1.59. The lowest BCUT2D eigenvalue weighted by atomic mass is 9.87. The monoisotopic (exact) mass is 340 g/mol. The molecule has 0 spiro atoms. The Labute approximate surface area is 150 Å². The van der Waals surface area contributed by atoms with Gasteiger partial charge in [-0.05, 0) is 35.1 Å². The number of nitrogens with one attached hydrogen (secondary N) is 2. The third-order valence-electron chi connectivity index (χ3n) is 3.89. The Hall–Kier alpha value is -2.49. The second-order valence-corrected chi connectivity index (χ2v) is 7.07. The van der Waals surface area contributed by atoms with E-state index in [9.17, 15) is 4.79 Å². The van der Waals surface area contributed by atoms with Crippen molar-refractivity contribution in [2.75, 3.05) is 13.2 Å². The first kappa shape index (κ1) is 18.8. The van der Waals surface area contributed by atoms with E-state index < -0.39 is 0 Å². The van der Waals surface area contributed by atoms with Gasteiger partial charge in [0.1, 0.15) is 5.75 Å². The van der Waals surface area contributed by atoms with Crippen LogP contribution in [-0.4, -0.2) is 19.2 Å². The molecule has 0 heterocycles. The van der Waals surface area contributed by atoms with Crippen LogP contribution in [0.3, 0.4) is 0 Å². The molecule has 2 amide bonds. The molecule has 2 aromatic rings. The average molecular weight is 340 g/mol. The molecule has 0 fully saturated rings. The molecule has 0 aliphatic rings. The fraction of sp³-hybridized carbons (Fsp3) is 0.381. The van der Waals surface area contributed by atoms with Gasteiger partial charge in [0.2, 0.25) is 0 Å². The van der Waals surface area contributed by atoms with Crippen LogP contribution in [0.4, 0.5) is 4.79 Å². The smallest absolute Gasteiger partial charge is 0.315 e. The molecule has 134 valence electrons. The van der Waals surface area contributed by atoms with Crippen molar-refractivity contribution in [3.05, 3.63) is 65.7 Å². The zero-order valence-electron chi connectivity index (χ0n) is 15.3. The number of urea groups is 1. The molecular weight excluding hydrogens is 312 g/mol. The van der Waals surface area contributed by atoms with Crippen LogP contribution in [0, 0.1) is 0 Å². The number of hydrogen-bond acceptors (Lipinski definition) is 2. The van der Waals surface area contributed by atoms with Crippen LogP contribution < -0.4 is 15.4 Å². The number of ether oxygens (including phenoxy) is 1. The van der Waals surface area contributed by atoms with Gasteiger partial charge >= 0.3 is 6.03 Å². The Kier molecular flexibility index (Phi) is 6.87. The van der Waals surface area contributed by atoms with E-state index in [1.165, 1.54) is 5.56 Å². The van der Waals surface area contributed by atoms with Gasteiger partial charge in [0.15, 0.2) is 0 Å². The third-order valence-corrected chi connectivity index (χ3v) is 3.89. The molecule has 4 heteroatoms. The van der Waals surface area contributed by atoms with E-state index in [1.54, 1.807) is 0 Å². The Morgan fingerprint density at radius 3 is 2.28 bits per heavy atom. The summed E-state index contributed by atoms with van der Waals surface area (Å²) >= 11 is 0. The molecule has 0 saturated carbocycles. The maximum absolute atomic E-state index is 11.7. The summed E-state index contributed by atoms with van der Waals surface area (Å²) in [5.74, 6) is 0.863. The first-order chi connectivity index (χ1) is 11.9. The summed E-state index contributed by atoms with van der Waals surface area (Å²) in [5, 5.41) is 5.68. The van der Waals surface area contributed by atoms with Gasteiger partial charge < -0.3 is 15.4 Å². The molecule has 0 saturated heterocycles. The number of amides is 2. The summed E-state index contributed by atoms with van der Waals surface area (Å²) < 4.78 is 5.71. The maximum atomic E-state index is 11.7. The van der Waals surface area contributed by atoms with E-state index in [-0.39, 0.29) is 11.4 Å². The van der Waals surface area contributed by atoms with E-state index in [1.807, 2.05) is 42.5 Å². The van der Waals surface area contributed by atoms with Crippen molar-refractivity contribution >= 4 is 6.03 Å². The lowest BCUT2D eigenvalue weighted by molar-refractivity contribution is 0.238. The van der Waals surface area contributed by atoms with Gasteiger partial charge in [-0.3, -0.25) is 0 Å². The highest BCUT2D eigenvalue weighted by atomic mass is 16.5. The normalized spacial score (nSPS) is 11.0. The predicted octanol–water partition coefficient (Wildman–Crippen LogP) is 4.25. The summed E-state index contributed by atoms with van der Waals surface area (Å²) in [6.45, 7) is 8.27. The molecule has 0 aliphatic heterocycles. The molecule has 2 aromatic carbocycles. The number of carbonyl (C=O) groups is 1. The van der Waals surface area contributed by atoms with E-state index >= 15 is 0 Å². The Morgan fingerprint density at radius 1 is 0.960 bits per heavy atom. The van der Waals surface area contributed by atoms with Crippen molar-refractivity contribution in [1.29, 1.82) is 0 Å². The lowest BCUT2D eigenvalue weighted by Crippen LogP contribution is -2.35. The second-order valence-electron chi connectivity index (χ2n) is 7.07. The van der Waals surface area contributed by atoms with E-state index in [0.717, 1.165) is 17.7 Å². The summed E-state index contributed by atoms with van der Waals surface area (Å²) in [6.07, 6.45) is 0.764. The zero-order chi connectivity index (χ0) is 18.1. The molecule has 0 bridgehead atoms. The molecule has 0 atom stereocenters. The molecule has 0 aromatic heterocycles. The van der Waals surface area contributed by atoms with Gasteiger partial charge in [-0.25, -0.2) is 4.79 Å². The fourth-order valence-corrected chi connectivity index (χ4v) is 2.36. The van der Waals surface area contributed by atoms with E-state index in [4.69, 9.17) is 4.74 Å². The Bertz CT molecular complexity index is 646. The number of rotatable bonds is 7. The quantitative estimate of drug-likeness (QED) is 0.740. The summed E-state index contributed by atoms with van der Waals surface area (Å²) in [4.78, 5) is 11.7. The largest absolute Gasteiger partial charge is 0.494 e. The molecule has 4 nitrogen and oxygen atoms in total. The molecule has 0 radical (unpaired) electrons. The van der Waals surface area contributed by atoms with Gasteiger partial charge in [0.25, 0.3) is 0 Å². The van der Waals surface area contributed by atoms with Gasteiger partial charge in [-0.1, -0.05) is 63.2 Å². The molecule has 2 N–H and O–H groups in total. The first-order valence-corrected chi connectivity index (χ1v) is 8.74. The highest BCUT2D eigenvalue weighted by Gasteiger charge is 2.12. The van der Waals surface area contributed by atoms with Crippen LogP contribution in [0.25, 0.3) is 0 Å². The number of benzene rings is 2. The van der Waals surface area contributed by atoms with Crippen LogP contribution in [0.2, 0.25) is 0 Å². The minimum Gasteiger partial charge on any atom is -0.494 e. The lowest BCUT2D eigenvalue weighted by Gasteiger charge is -2.19. The average Bonchev–Trinajstić information content (AvgIpc) is 2.60. The molecule has 0 unspecified atom stereocenters.